The van der Waals surface area contributed by atoms with Crippen LogP contribution in [0.3, 0.4) is 0 Å². The van der Waals surface area contributed by atoms with Crippen LogP contribution in [0.25, 0.3) is 0 Å². The number of methoxy groups -OCH3 is 1. The summed E-state index contributed by atoms with van der Waals surface area (Å²) in [5, 5.41) is 29.1. The molecule has 38 heavy (non-hydrogen) atoms. The molecule has 2 aliphatic rings. The molecule has 8 nitrogen and oxygen atoms in total. The van der Waals surface area contributed by atoms with Crippen molar-refractivity contribution in [1.82, 2.24) is 15.5 Å². The molecule has 1 aromatic rings. The Hall–Kier alpha value is -1.49. The number of unbranched alkanes of at least 4 members (excludes halogenated alkanes) is 1. The van der Waals surface area contributed by atoms with Gasteiger partial charge in [-0.1, -0.05) is 43.0 Å². The van der Waals surface area contributed by atoms with Crippen molar-refractivity contribution >= 4 is 17.6 Å². The van der Waals surface area contributed by atoms with Crippen molar-refractivity contribution in [3.63, 3.8) is 0 Å². The molecule has 216 valence electrons. The molecule has 0 radical (unpaired) electrons. The monoisotopic (exact) mass is 557 g/mol. The van der Waals surface area contributed by atoms with E-state index in [4.69, 9.17) is 21.1 Å². The summed E-state index contributed by atoms with van der Waals surface area (Å²) in [4.78, 5) is 15.2. The van der Waals surface area contributed by atoms with Gasteiger partial charge >= 0.3 is 6.03 Å². The van der Waals surface area contributed by atoms with Gasteiger partial charge < -0.3 is 35.2 Å². The number of nitrogens with one attached hydrogen (secondary N) is 2. The smallest absolute Gasteiger partial charge is 0.318 e. The fraction of sp³-hybridized carbons (Fsp3) is 0.750. The third kappa shape index (κ3) is 7.17. The van der Waals surface area contributed by atoms with Gasteiger partial charge in [-0.05, 0) is 58.1 Å². The normalized spacial score (nSPS) is 22.9. The van der Waals surface area contributed by atoms with Crippen LogP contribution in [0.1, 0.15) is 63.9 Å². The van der Waals surface area contributed by atoms with E-state index in [1.165, 1.54) is 12.1 Å². The van der Waals surface area contributed by atoms with Crippen LogP contribution in [0.5, 0.6) is 0 Å². The van der Waals surface area contributed by atoms with Gasteiger partial charge in [0, 0.05) is 32.4 Å². The Bertz CT molecular complexity index is 905. The molecule has 0 spiro atoms. The summed E-state index contributed by atoms with van der Waals surface area (Å²) >= 11 is 6.07. The van der Waals surface area contributed by atoms with E-state index >= 15 is 4.39 Å². The number of likely N-dealkylation sites (N-methyl/N-ethyl adjacent to an activating group) is 1. The lowest BCUT2D eigenvalue weighted by Crippen LogP contribution is -2.65. The lowest BCUT2D eigenvalue weighted by atomic mass is 9.72. The molecule has 4 atom stereocenters. The van der Waals surface area contributed by atoms with Crippen molar-refractivity contribution < 1.29 is 28.9 Å². The molecule has 2 amide bonds. The number of halogens is 2. The highest BCUT2D eigenvalue weighted by molar-refractivity contribution is 6.30. The molecule has 1 aliphatic heterocycles. The van der Waals surface area contributed by atoms with E-state index in [0.717, 1.165) is 32.1 Å². The zero-order valence-electron chi connectivity index (χ0n) is 23.0. The number of nitrogens with zero attached hydrogens (tertiary/aromatic N) is 1. The van der Waals surface area contributed by atoms with Gasteiger partial charge in [0.15, 0.2) is 0 Å². The summed E-state index contributed by atoms with van der Waals surface area (Å²) in [7, 11) is 3.39. The van der Waals surface area contributed by atoms with E-state index in [0.29, 0.717) is 32.5 Å². The summed E-state index contributed by atoms with van der Waals surface area (Å²) in [6.07, 6.45) is 5.03. The van der Waals surface area contributed by atoms with Gasteiger partial charge in [0.05, 0.1) is 29.8 Å². The van der Waals surface area contributed by atoms with E-state index in [1.807, 2.05) is 6.92 Å². The van der Waals surface area contributed by atoms with Gasteiger partial charge in [-0.3, -0.25) is 0 Å². The molecule has 1 aromatic carbocycles. The number of morpholine rings is 1. The van der Waals surface area contributed by atoms with Gasteiger partial charge in [-0.15, -0.1) is 0 Å². The number of urea groups is 1. The van der Waals surface area contributed by atoms with E-state index in [2.05, 4.69) is 10.6 Å². The van der Waals surface area contributed by atoms with Crippen molar-refractivity contribution in [3.05, 3.63) is 34.6 Å². The second-order valence-electron chi connectivity index (χ2n) is 10.9. The van der Waals surface area contributed by atoms with Gasteiger partial charge in [-0.25, -0.2) is 9.18 Å². The topological polar surface area (TPSA) is 103 Å². The van der Waals surface area contributed by atoms with Crippen molar-refractivity contribution in [2.75, 3.05) is 47.0 Å². The minimum atomic E-state index is -1.69. The first kappa shape index (κ1) is 31.0. The van der Waals surface area contributed by atoms with Crippen LogP contribution in [0, 0.1) is 11.7 Å². The van der Waals surface area contributed by atoms with E-state index in [1.54, 1.807) is 25.1 Å². The maximum atomic E-state index is 15.2. The lowest BCUT2D eigenvalue weighted by molar-refractivity contribution is -0.148. The third-order valence-corrected chi connectivity index (χ3v) is 8.67. The number of amides is 2. The molecule has 0 unspecified atom stereocenters. The largest absolute Gasteiger partial charge is 0.389 e. The predicted molar refractivity (Wildman–Crippen MR) is 146 cm³/mol. The molecule has 10 heteroatoms. The molecular weight excluding hydrogens is 513 g/mol. The van der Waals surface area contributed by atoms with Gasteiger partial charge in [-0.2, -0.15) is 0 Å². The number of benzene rings is 1. The van der Waals surface area contributed by atoms with Crippen molar-refractivity contribution in [1.29, 1.82) is 0 Å². The van der Waals surface area contributed by atoms with E-state index in [-0.39, 0.29) is 42.1 Å². The minimum Gasteiger partial charge on any atom is -0.389 e. The Kier molecular flexibility index (Phi) is 11.6. The summed E-state index contributed by atoms with van der Waals surface area (Å²) < 4.78 is 26.3. The van der Waals surface area contributed by atoms with Gasteiger partial charge in [0.1, 0.15) is 17.5 Å². The van der Waals surface area contributed by atoms with Crippen molar-refractivity contribution in [3.8, 4) is 0 Å². The number of rotatable bonds is 12. The lowest BCUT2D eigenvalue weighted by Gasteiger charge is -2.46. The summed E-state index contributed by atoms with van der Waals surface area (Å²) in [5.41, 5.74) is -2.45. The summed E-state index contributed by atoms with van der Waals surface area (Å²) in [5.74, 6) is -0.535. The Morgan fingerprint density at radius 1 is 1.32 bits per heavy atom. The third-order valence-electron chi connectivity index (χ3n) is 8.38. The fourth-order valence-electron chi connectivity index (χ4n) is 5.95. The first-order valence-corrected chi connectivity index (χ1v) is 14.2. The number of carbonyl (C=O) groups is 1. The van der Waals surface area contributed by atoms with Crippen LogP contribution in [0.15, 0.2) is 18.2 Å². The number of aliphatic hydroxyl groups is 2. The second kappa shape index (κ2) is 14.2. The molecule has 2 fully saturated rings. The molecule has 0 bridgehead atoms. The fourth-order valence-corrected chi connectivity index (χ4v) is 6.12. The van der Waals surface area contributed by atoms with E-state index in [9.17, 15) is 15.0 Å². The molecule has 3 rings (SSSR count). The molecule has 1 saturated carbocycles. The highest BCUT2D eigenvalue weighted by Gasteiger charge is 2.46. The zero-order valence-corrected chi connectivity index (χ0v) is 23.7. The highest BCUT2D eigenvalue weighted by atomic mass is 35.5. The van der Waals surface area contributed by atoms with Gasteiger partial charge in [0.25, 0.3) is 0 Å². The van der Waals surface area contributed by atoms with E-state index < -0.39 is 29.2 Å². The SMILES string of the molecule is CNC[C@@H](O)[C@@](C)(NC(=O)N1CCO[C@@H]([C@@](O)(CCCCOC)c2cccc(Cl)c2F)C1)C1CCCCC1. The van der Waals surface area contributed by atoms with Crippen LogP contribution >= 0.6 is 11.6 Å². The molecular formula is C28H45ClFN3O5. The number of carbonyl (C=O) groups excluding carboxylic acids is 1. The van der Waals surface area contributed by atoms with Crippen LogP contribution in [-0.4, -0.2) is 85.9 Å². The first-order chi connectivity index (χ1) is 18.2. The average Bonchev–Trinajstić information content (AvgIpc) is 2.93. The number of hydrogen-bond acceptors (Lipinski definition) is 6. The number of aliphatic hydroxyl groups excluding tert-OH is 1. The molecule has 0 aromatic heterocycles. The maximum Gasteiger partial charge on any atom is 0.318 e. The average molecular weight is 558 g/mol. The second-order valence-corrected chi connectivity index (χ2v) is 11.3. The molecule has 4 N–H and O–H groups in total. The van der Waals surface area contributed by atoms with Crippen LogP contribution in [-0.2, 0) is 15.1 Å². The maximum absolute atomic E-state index is 15.2. The van der Waals surface area contributed by atoms with Crippen LogP contribution in [0.4, 0.5) is 9.18 Å². The minimum absolute atomic E-state index is 0.0613. The summed E-state index contributed by atoms with van der Waals surface area (Å²) in [6.45, 7) is 3.38. The Morgan fingerprint density at radius 3 is 2.74 bits per heavy atom. The number of hydrogen-bond donors (Lipinski definition) is 4. The molecule has 1 saturated heterocycles. The Balaban J connectivity index is 1.82. The zero-order chi connectivity index (χ0) is 27.8. The predicted octanol–water partition coefficient (Wildman–Crippen LogP) is 3.81. The van der Waals surface area contributed by atoms with Crippen molar-refractivity contribution in [2.24, 2.45) is 5.92 Å². The van der Waals surface area contributed by atoms with Crippen LogP contribution in [0.2, 0.25) is 5.02 Å². The van der Waals surface area contributed by atoms with Crippen molar-refractivity contribution in [2.45, 2.75) is 81.6 Å². The molecule has 1 aliphatic carbocycles. The highest BCUT2D eigenvalue weighted by Crippen LogP contribution is 2.38. The Morgan fingerprint density at radius 2 is 2.05 bits per heavy atom. The quantitative estimate of drug-likeness (QED) is 0.291. The number of ether oxygens (including phenoxy) is 2. The Labute approximate surface area is 231 Å². The standard InChI is InChI=1S/C28H45ClFN3O5/c1-27(23(34)18-31-2,20-10-5-4-6-11-20)32-26(35)33-15-17-38-24(19-33)28(36,14-7-8-16-37-3)21-12-9-13-22(29)25(21)30/h9,12-13,20,23-24,31,34,36H,4-8,10-11,14-19H2,1-3H3,(H,32,35)/t23-,24-,27+,28-/m1/s1. The van der Waals surface area contributed by atoms with Gasteiger partial charge in [0.2, 0.25) is 0 Å². The first-order valence-electron chi connectivity index (χ1n) is 13.8. The summed E-state index contributed by atoms with van der Waals surface area (Å²) in [6, 6.07) is 4.24. The molecule has 1 heterocycles. The van der Waals surface area contributed by atoms with Crippen LogP contribution < -0.4 is 10.6 Å².